The molecule has 0 aliphatic rings. The summed E-state index contributed by atoms with van der Waals surface area (Å²) in [5.41, 5.74) is 1.67. The van der Waals surface area contributed by atoms with Crippen molar-refractivity contribution in [2.45, 2.75) is 6.10 Å². The molecule has 0 saturated heterocycles. The molecule has 88 valence electrons. The van der Waals surface area contributed by atoms with Gasteiger partial charge in [0.25, 0.3) is 0 Å². The van der Waals surface area contributed by atoms with Gasteiger partial charge in [-0.2, -0.15) is 0 Å². The van der Waals surface area contributed by atoms with E-state index < -0.39 is 6.10 Å². The smallest absolute Gasteiger partial charge is 0.146 e. The van der Waals surface area contributed by atoms with E-state index in [0.717, 1.165) is 11.1 Å². The van der Waals surface area contributed by atoms with E-state index in [9.17, 15) is 0 Å². The Bertz CT molecular complexity index is 468. The maximum Gasteiger partial charge on any atom is 0.146 e. The summed E-state index contributed by atoms with van der Waals surface area (Å²) in [5, 5.41) is 9.10. The fraction of sp³-hybridized carbons (Fsp3) is 0.143. The summed E-state index contributed by atoms with van der Waals surface area (Å²) < 4.78 is 5.26. The zero-order valence-corrected chi connectivity index (χ0v) is 9.54. The van der Waals surface area contributed by atoms with Crippen molar-refractivity contribution in [1.82, 2.24) is 0 Å². The van der Waals surface area contributed by atoms with Crippen molar-refractivity contribution in [3.63, 3.8) is 0 Å². The van der Waals surface area contributed by atoms with Crippen molar-refractivity contribution in [3.05, 3.63) is 65.7 Å². The summed E-state index contributed by atoms with van der Waals surface area (Å²) in [6.07, 6.45) is -0.535. The highest BCUT2D eigenvalue weighted by molar-refractivity contribution is 5.40. The van der Waals surface area contributed by atoms with Crippen molar-refractivity contribution >= 4 is 0 Å². The van der Waals surface area contributed by atoms with Crippen LogP contribution in [-0.4, -0.2) is 12.4 Å². The molecule has 0 heterocycles. The van der Waals surface area contributed by atoms with Gasteiger partial charge in [-0.3, -0.25) is 5.26 Å². The Morgan fingerprint density at radius 3 is 2.24 bits per heavy atom. The number of hydrogen-bond donors (Lipinski definition) is 1. The third kappa shape index (κ3) is 2.46. The summed E-state index contributed by atoms with van der Waals surface area (Å²) >= 11 is 0. The second-order valence-electron chi connectivity index (χ2n) is 3.64. The SMILES string of the molecule is COc1ccccc1C(OO)c1ccccc1. The topological polar surface area (TPSA) is 38.7 Å². The molecule has 0 radical (unpaired) electrons. The molecule has 2 aromatic rings. The van der Waals surface area contributed by atoms with E-state index in [-0.39, 0.29) is 0 Å². The second-order valence-corrected chi connectivity index (χ2v) is 3.64. The Kier molecular flexibility index (Phi) is 3.75. The van der Waals surface area contributed by atoms with E-state index in [2.05, 4.69) is 4.89 Å². The van der Waals surface area contributed by atoms with Gasteiger partial charge in [-0.05, 0) is 11.6 Å². The molecule has 0 saturated carbocycles. The third-order valence-corrected chi connectivity index (χ3v) is 2.63. The van der Waals surface area contributed by atoms with Crippen LogP contribution in [0.4, 0.5) is 0 Å². The third-order valence-electron chi connectivity index (χ3n) is 2.63. The first-order valence-corrected chi connectivity index (χ1v) is 5.35. The Morgan fingerprint density at radius 1 is 0.941 bits per heavy atom. The van der Waals surface area contributed by atoms with Gasteiger partial charge in [0.15, 0.2) is 0 Å². The number of hydrogen-bond acceptors (Lipinski definition) is 3. The standard InChI is InChI=1S/C14H14O3/c1-16-13-10-6-5-9-12(13)14(17-15)11-7-3-2-4-8-11/h2-10,14-15H,1H3. The summed E-state index contributed by atoms with van der Waals surface area (Å²) in [6.45, 7) is 0. The first-order valence-electron chi connectivity index (χ1n) is 5.35. The van der Waals surface area contributed by atoms with Gasteiger partial charge in [-0.1, -0.05) is 48.5 Å². The maximum absolute atomic E-state index is 9.10. The van der Waals surface area contributed by atoms with Gasteiger partial charge >= 0.3 is 0 Å². The molecule has 1 unspecified atom stereocenters. The molecule has 0 aliphatic heterocycles. The van der Waals surface area contributed by atoms with E-state index in [4.69, 9.17) is 9.99 Å². The van der Waals surface area contributed by atoms with Crippen LogP contribution in [0.2, 0.25) is 0 Å². The van der Waals surface area contributed by atoms with Crippen LogP contribution in [0.15, 0.2) is 54.6 Å². The second kappa shape index (κ2) is 5.48. The van der Waals surface area contributed by atoms with E-state index >= 15 is 0 Å². The van der Waals surface area contributed by atoms with Crippen LogP contribution in [0, 0.1) is 0 Å². The maximum atomic E-state index is 9.10. The van der Waals surface area contributed by atoms with Gasteiger partial charge in [-0.15, -0.1) is 0 Å². The van der Waals surface area contributed by atoms with E-state index in [1.54, 1.807) is 7.11 Å². The molecule has 0 spiro atoms. The molecule has 17 heavy (non-hydrogen) atoms. The van der Waals surface area contributed by atoms with Gasteiger partial charge in [-0.25, -0.2) is 4.89 Å². The largest absolute Gasteiger partial charge is 0.496 e. The van der Waals surface area contributed by atoms with E-state index in [1.165, 1.54) is 0 Å². The quantitative estimate of drug-likeness (QED) is 0.647. The minimum atomic E-state index is -0.535. The minimum absolute atomic E-state index is 0.535. The normalized spacial score (nSPS) is 12.1. The van der Waals surface area contributed by atoms with Crippen LogP contribution in [-0.2, 0) is 4.89 Å². The Hall–Kier alpha value is -1.84. The molecule has 0 fully saturated rings. The molecule has 2 aromatic carbocycles. The Morgan fingerprint density at radius 2 is 1.59 bits per heavy atom. The average molecular weight is 230 g/mol. The van der Waals surface area contributed by atoms with Gasteiger partial charge in [0, 0.05) is 5.56 Å². The monoisotopic (exact) mass is 230 g/mol. The summed E-state index contributed by atoms with van der Waals surface area (Å²) in [5.74, 6) is 0.690. The molecule has 0 aliphatic carbocycles. The van der Waals surface area contributed by atoms with Crippen molar-refractivity contribution in [2.24, 2.45) is 0 Å². The summed E-state index contributed by atoms with van der Waals surface area (Å²) in [6, 6.07) is 17.0. The van der Waals surface area contributed by atoms with Crippen molar-refractivity contribution < 1.29 is 14.9 Å². The van der Waals surface area contributed by atoms with Crippen LogP contribution in [0.5, 0.6) is 5.75 Å². The highest BCUT2D eigenvalue weighted by Gasteiger charge is 2.18. The molecule has 2 rings (SSSR count). The lowest BCUT2D eigenvalue weighted by Gasteiger charge is -2.16. The Balaban J connectivity index is 2.42. The van der Waals surface area contributed by atoms with Gasteiger partial charge in [0.2, 0.25) is 0 Å². The predicted octanol–water partition coefficient (Wildman–Crippen LogP) is 3.27. The van der Waals surface area contributed by atoms with E-state index in [1.807, 2.05) is 54.6 Å². The molecule has 1 N–H and O–H groups in total. The van der Waals surface area contributed by atoms with E-state index in [0.29, 0.717) is 5.75 Å². The van der Waals surface area contributed by atoms with Crippen LogP contribution >= 0.6 is 0 Å². The highest BCUT2D eigenvalue weighted by Crippen LogP contribution is 2.31. The lowest BCUT2D eigenvalue weighted by molar-refractivity contribution is -0.270. The number of ether oxygens (including phenoxy) is 1. The molecule has 3 heteroatoms. The Labute approximate surface area is 100 Å². The van der Waals surface area contributed by atoms with Crippen molar-refractivity contribution in [2.75, 3.05) is 7.11 Å². The number of para-hydroxylation sites is 1. The lowest BCUT2D eigenvalue weighted by Crippen LogP contribution is -2.05. The molecular weight excluding hydrogens is 216 g/mol. The average Bonchev–Trinajstić information content (AvgIpc) is 2.41. The zero-order valence-electron chi connectivity index (χ0n) is 9.54. The zero-order chi connectivity index (χ0) is 12.1. The molecule has 3 nitrogen and oxygen atoms in total. The number of methoxy groups -OCH3 is 1. The van der Waals surface area contributed by atoms with Crippen LogP contribution in [0.3, 0.4) is 0 Å². The molecule has 1 atom stereocenters. The number of benzene rings is 2. The minimum Gasteiger partial charge on any atom is -0.496 e. The van der Waals surface area contributed by atoms with Crippen LogP contribution < -0.4 is 4.74 Å². The van der Waals surface area contributed by atoms with Crippen molar-refractivity contribution in [3.8, 4) is 5.75 Å². The molecule has 0 aromatic heterocycles. The van der Waals surface area contributed by atoms with Gasteiger partial charge in [0.1, 0.15) is 11.9 Å². The van der Waals surface area contributed by atoms with Gasteiger partial charge < -0.3 is 4.74 Å². The molecular formula is C14H14O3. The molecule has 0 amide bonds. The lowest BCUT2D eigenvalue weighted by atomic mass is 10.0. The molecule has 0 bridgehead atoms. The first-order chi connectivity index (χ1) is 8.36. The number of rotatable bonds is 4. The summed E-state index contributed by atoms with van der Waals surface area (Å²) in [4.78, 5) is 4.58. The first kappa shape index (κ1) is 11.6. The van der Waals surface area contributed by atoms with Crippen molar-refractivity contribution in [1.29, 1.82) is 0 Å². The van der Waals surface area contributed by atoms with Crippen LogP contribution in [0.1, 0.15) is 17.2 Å². The van der Waals surface area contributed by atoms with Crippen LogP contribution in [0.25, 0.3) is 0 Å². The highest BCUT2D eigenvalue weighted by atomic mass is 17.1. The predicted molar refractivity (Wildman–Crippen MR) is 65.0 cm³/mol. The fourth-order valence-electron chi connectivity index (χ4n) is 1.81. The summed E-state index contributed by atoms with van der Waals surface area (Å²) in [7, 11) is 1.60. The fourth-order valence-corrected chi connectivity index (χ4v) is 1.81. The van der Waals surface area contributed by atoms with Gasteiger partial charge in [0.05, 0.1) is 7.11 Å².